The topological polar surface area (TPSA) is 63.1 Å². The zero-order chi connectivity index (χ0) is 11.5. The Balaban J connectivity index is 2.14. The van der Waals surface area contributed by atoms with Crippen molar-refractivity contribution in [3.8, 4) is 0 Å². The Bertz CT molecular complexity index is 493. The van der Waals surface area contributed by atoms with Gasteiger partial charge in [0, 0.05) is 16.5 Å². The molecule has 0 unspecified atom stereocenters. The second-order valence-electron chi connectivity index (χ2n) is 2.96. The molecule has 2 aromatic heterocycles. The van der Waals surface area contributed by atoms with Gasteiger partial charge in [0.1, 0.15) is 0 Å². The number of carboxylic acid groups (broad SMARTS) is 1. The predicted octanol–water partition coefficient (Wildman–Crippen LogP) is 2.69. The fourth-order valence-corrected chi connectivity index (χ4v) is 4.13. The van der Waals surface area contributed by atoms with E-state index in [1.807, 2.05) is 12.3 Å². The van der Waals surface area contributed by atoms with Crippen LogP contribution in [0.2, 0.25) is 0 Å². The average Bonchev–Trinajstić information content (AvgIpc) is 2.78. The van der Waals surface area contributed by atoms with Gasteiger partial charge in [0.2, 0.25) is 0 Å². The van der Waals surface area contributed by atoms with Gasteiger partial charge in [-0.2, -0.15) is 0 Å². The van der Waals surface area contributed by atoms with Gasteiger partial charge in [-0.25, -0.2) is 9.97 Å². The van der Waals surface area contributed by atoms with Crippen LogP contribution >= 0.6 is 34.4 Å². The van der Waals surface area contributed by atoms with E-state index in [1.54, 1.807) is 17.5 Å². The van der Waals surface area contributed by atoms with Gasteiger partial charge in [-0.05, 0) is 18.7 Å². The summed E-state index contributed by atoms with van der Waals surface area (Å²) < 4.78 is 1.78. The molecule has 0 saturated heterocycles. The number of aryl methyl sites for hydroxylation is 1. The van der Waals surface area contributed by atoms with Crippen LogP contribution in [0.3, 0.4) is 0 Å². The van der Waals surface area contributed by atoms with Crippen molar-refractivity contribution < 1.29 is 9.90 Å². The number of hydrogen-bond acceptors (Lipinski definition) is 6. The summed E-state index contributed by atoms with van der Waals surface area (Å²) >= 11 is 4.45. The molecule has 84 valence electrons. The highest BCUT2D eigenvalue weighted by molar-refractivity contribution is 8.02. The molecule has 7 heteroatoms. The summed E-state index contributed by atoms with van der Waals surface area (Å²) in [6, 6.07) is 0. The minimum absolute atomic E-state index is 0.0436. The highest BCUT2D eigenvalue weighted by Crippen LogP contribution is 2.33. The summed E-state index contributed by atoms with van der Waals surface area (Å²) in [7, 11) is 0. The van der Waals surface area contributed by atoms with Gasteiger partial charge in [-0.1, -0.05) is 0 Å². The third kappa shape index (κ3) is 2.81. The number of thiazole rings is 2. The van der Waals surface area contributed by atoms with Crippen molar-refractivity contribution in [1.82, 2.24) is 9.97 Å². The molecule has 0 aliphatic rings. The zero-order valence-corrected chi connectivity index (χ0v) is 10.8. The number of hydrogen-bond donors (Lipinski definition) is 1. The van der Waals surface area contributed by atoms with E-state index < -0.39 is 5.97 Å². The van der Waals surface area contributed by atoms with Gasteiger partial charge < -0.3 is 5.11 Å². The van der Waals surface area contributed by atoms with E-state index >= 15 is 0 Å². The predicted molar refractivity (Wildman–Crippen MR) is 64.4 cm³/mol. The molecule has 0 aromatic carbocycles. The molecule has 0 aliphatic heterocycles. The van der Waals surface area contributed by atoms with Crippen molar-refractivity contribution in [1.29, 1.82) is 0 Å². The number of carboxylic acids is 1. The first kappa shape index (κ1) is 11.6. The van der Waals surface area contributed by atoms with Gasteiger partial charge in [0.25, 0.3) is 0 Å². The Morgan fingerprint density at radius 3 is 3.00 bits per heavy atom. The van der Waals surface area contributed by atoms with Crippen LogP contribution in [-0.2, 0) is 11.2 Å². The van der Waals surface area contributed by atoms with Crippen LogP contribution in [0.25, 0.3) is 0 Å². The first-order chi connectivity index (χ1) is 7.65. The molecule has 0 saturated carbocycles. The Labute approximate surface area is 104 Å². The summed E-state index contributed by atoms with van der Waals surface area (Å²) in [5.74, 6) is -0.822. The van der Waals surface area contributed by atoms with Crippen LogP contribution in [0.15, 0.2) is 20.3 Å². The average molecular weight is 272 g/mol. The van der Waals surface area contributed by atoms with Gasteiger partial charge in [-0.15, -0.1) is 22.7 Å². The maximum atomic E-state index is 10.6. The third-order valence-corrected chi connectivity index (χ3v) is 4.87. The lowest BCUT2D eigenvalue weighted by molar-refractivity contribution is -0.136. The minimum atomic E-state index is -0.822. The van der Waals surface area contributed by atoms with Crippen LogP contribution in [0.1, 0.15) is 10.6 Å². The maximum absolute atomic E-state index is 10.6. The number of aliphatic carboxylic acids is 1. The number of carbonyl (C=O) groups is 1. The lowest BCUT2D eigenvalue weighted by Crippen LogP contribution is -1.99. The molecular formula is C9H8N2O2S3. The molecule has 0 aliphatic carbocycles. The van der Waals surface area contributed by atoms with Crippen molar-refractivity contribution >= 4 is 40.4 Å². The van der Waals surface area contributed by atoms with E-state index in [0.29, 0.717) is 0 Å². The largest absolute Gasteiger partial charge is 0.481 e. The van der Waals surface area contributed by atoms with Crippen molar-refractivity contribution in [3.05, 3.63) is 22.1 Å². The van der Waals surface area contributed by atoms with Crippen LogP contribution in [0.5, 0.6) is 0 Å². The van der Waals surface area contributed by atoms with Gasteiger partial charge in [0.15, 0.2) is 8.68 Å². The van der Waals surface area contributed by atoms with Crippen molar-refractivity contribution in [2.75, 3.05) is 0 Å². The Hall–Kier alpha value is -0.920. The number of rotatable bonds is 4. The Kier molecular flexibility index (Phi) is 3.57. The van der Waals surface area contributed by atoms with Crippen molar-refractivity contribution in [3.63, 3.8) is 0 Å². The number of nitrogens with zero attached hydrogens (tertiary/aromatic N) is 2. The Morgan fingerprint density at radius 1 is 1.56 bits per heavy atom. The van der Waals surface area contributed by atoms with E-state index in [2.05, 4.69) is 9.97 Å². The summed E-state index contributed by atoms with van der Waals surface area (Å²) in [4.78, 5) is 19.9. The van der Waals surface area contributed by atoms with Crippen molar-refractivity contribution in [2.24, 2.45) is 0 Å². The standard InChI is InChI=1S/C9H8N2O2S3/c1-5-6(4-7(12)13)15-9(11-5)16-8-10-2-3-14-8/h2-3H,4H2,1H3,(H,12,13). The molecule has 1 N–H and O–H groups in total. The molecule has 2 heterocycles. The highest BCUT2D eigenvalue weighted by Gasteiger charge is 2.12. The lowest BCUT2D eigenvalue weighted by atomic mass is 10.3. The summed E-state index contributed by atoms with van der Waals surface area (Å²) in [6.07, 6.45) is 1.79. The number of aromatic nitrogens is 2. The smallest absolute Gasteiger partial charge is 0.308 e. The van der Waals surface area contributed by atoms with Gasteiger partial charge in [-0.3, -0.25) is 4.79 Å². The van der Waals surface area contributed by atoms with Crippen LogP contribution < -0.4 is 0 Å². The SMILES string of the molecule is Cc1nc(Sc2nccs2)sc1CC(=O)O. The zero-order valence-electron chi connectivity index (χ0n) is 8.34. The second kappa shape index (κ2) is 4.94. The molecule has 2 aromatic rings. The molecular weight excluding hydrogens is 264 g/mol. The van der Waals surface area contributed by atoms with Crippen LogP contribution in [-0.4, -0.2) is 21.0 Å². The van der Waals surface area contributed by atoms with Crippen molar-refractivity contribution in [2.45, 2.75) is 22.0 Å². The molecule has 0 bridgehead atoms. The summed E-state index contributed by atoms with van der Waals surface area (Å²) in [6.45, 7) is 1.83. The molecule has 16 heavy (non-hydrogen) atoms. The molecule has 0 spiro atoms. The van der Waals surface area contributed by atoms with Crippen LogP contribution in [0.4, 0.5) is 0 Å². The van der Waals surface area contributed by atoms with E-state index in [-0.39, 0.29) is 6.42 Å². The highest BCUT2D eigenvalue weighted by atomic mass is 32.2. The first-order valence-corrected chi connectivity index (χ1v) is 6.92. The van der Waals surface area contributed by atoms with E-state index in [9.17, 15) is 4.79 Å². The van der Waals surface area contributed by atoms with E-state index in [0.717, 1.165) is 19.3 Å². The maximum Gasteiger partial charge on any atom is 0.308 e. The third-order valence-electron chi connectivity index (χ3n) is 1.77. The second-order valence-corrected chi connectivity index (χ2v) is 6.43. The molecule has 0 radical (unpaired) electrons. The van der Waals surface area contributed by atoms with Gasteiger partial charge >= 0.3 is 5.97 Å². The minimum Gasteiger partial charge on any atom is -0.481 e. The van der Waals surface area contributed by atoms with Crippen LogP contribution in [0, 0.1) is 6.92 Å². The summed E-state index contributed by atoms with van der Waals surface area (Å²) in [5, 5.41) is 10.6. The first-order valence-electron chi connectivity index (χ1n) is 4.40. The monoisotopic (exact) mass is 272 g/mol. The molecule has 0 amide bonds. The fraction of sp³-hybridized carbons (Fsp3) is 0.222. The molecule has 0 atom stereocenters. The van der Waals surface area contributed by atoms with E-state index in [4.69, 9.17) is 5.11 Å². The van der Waals surface area contributed by atoms with E-state index in [1.165, 1.54) is 23.1 Å². The summed E-state index contributed by atoms with van der Waals surface area (Å²) in [5.41, 5.74) is 0.798. The normalized spacial score (nSPS) is 10.6. The Morgan fingerprint density at radius 2 is 2.38 bits per heavy atom. The molecule has 4 nitrogen and oxygen atoms in total. The lowest BCUT2D eigenvalue weighted by Gasteiger charge is -1.89. The molecule has 0 fully saturated rings. The fourth-order valence-electron chi connectivity index (χ4n) is 1.08. The quantitative estimate of drug-likeness (QED) is 0.927. The van der Waals surface area contributed by atoms with Gasteiger partial charge in [0.05, 0.1) is 12.1 Å². The molecule has 2 rings (SSSR count).